The van der Waals surface area contributed by atoms with Crippen LogP contribution in [0.4, 0.5) is 0 Å². The SMILES string of the molecule is N=CCCC(N)CC(=N)C(=O)OCc1ccccc1. The minimum Gasteiger partial charge on any atom is -0.456 e. The molecule has 1 unspecified atom stereocenters. The number of carbonyl (C=O) groups is 1. The van der Waals surface area contributed by atoms with Crippen LogP contribution < -0.4 is 5.73 Å². The maximum atomic E-state index is 11.6. The van der Waals surface area contributed by atoms with Gasteiger partial charge in [-0.15, -0.1) is 0 Å². The molecule has 0 heterocycles. The maximum absolute atomic E-state index is 11.6. The van der Waals surface area contributed by atoms with E-state index < -0.39 is 5.97 Å². The highest BCUT2D eigenvalue weighted by molar-refractivity contribution is 6.35. The number of benzene rings is 1. The topological polar surface area (TPSA) is 100 Å². The lowest BCUT2D eigenvalue weighted by molar-refractivity contribution is -0.137. The van der Waals surface area contributed by atoms with Crippen LogP contribution in [-0.4, -0.2) is 23.9 Å². The molecule has 102 valence electrons. The summed E-state index contributed by atoms with van der Waals surface area (Å²) in [5.74, 6) is -0.630. The molecule has 5 heteroatoms. The van der Waals surface area contributed by atoms with E-state index in [9.17, 15) is 4.79 Å². The fourth-order valence-electron chi connectivity index (χ4n) is 1.56. The smallest absolute Gasteiger partial charge is 0.352 e. The minimum atomic E-state index is -0.630. The number of ether oxygens (including phenoxy) is 1. The van der Waals surface area contributed by atoms with Crippen LogP contribution in [0.5, 0.6) is 0 Å². The van der Waals surface area contributed by atoms with Crippen LogP contribution in [0.3, 0.4) is 0 Å². The summed E-state index contributed by atoms with van der Waals surface area (Å²) < 4.78 is 5.03. The average molecular weight is 261 g/mol. The van der Waals surface area contributed by atoms with Gasteiger partial charge in [-0.05, 0) is 24.6 Å². The predicted molar refractivity (Wildman–Crippen MR) is 74.6 cm³/mol. The molecule has 0 aliphatic heterocycles. The van der Waals surface area contributed by atoms with E-state index >= 15 is 0 Å². The van der Waals surface area contributed by atoms with E-state index in [0.717, 1.165) is 5.56 Å². The minimum absolute atomic E-state index is 0.117. The quantitative estimate of drug-likeness (QED) is 0.492. The molecule has 1 aromatic rings. The zero-order valence-corrected chi connectivity index (χ0v) is 10.8. The Labute approximate surface area is 112 Å². The molecule has 4 N–H and O–H groups in total. The number of nitrogens with one attached hydrogen (secondary N) is 2. The van der Waals surface area contributed by atoms with Crippen molar-refractivity contribution >= 4 is 17.9 Å². The van der Waals surface area contributed by atoms with E-state index in [1.165, 1.54) is 6.21 Å². The van der Waals surface area contributed by atoms with E-state index in [4.69, 9.17) is 21.3 Å². The summed E-state index contributed by atoms with van der Waals surface area (Å²) in [6.45, 7) is 0.164. The Hall–Kier alpha value is -2.01. The third kappa shape index (κ3) is 5.92. The zero-order chi connectivity index (χ0) is 14.1. The summed E-state index contributed by atoms with van der Waals surface area (Å²) in [5.41, 5.74) is 6.52. The van der Waals surface area contributed by atoms with E-state index in [1.54, 1.807) is 0 Å². The highest BCUT2D eigenvalue weighted by Crippen LogP contribution is 2.04. The van der Waals surface area contributed by atoms with Crippen LogP contribution in [0.15, 0.2) is 30.3 Å². The number of hydrogen-bond acceptors (Lipinski definition) is 5. The number of hydrogen-bond donors (Lipinski definition) is 3. The van der Waals surface area contributed by atoms with E-state index in [0.29, 0.717) is 12.8 Å². The van der Waals surface area contributed by atoms with Crippen molar-refractivity contribution < 1.29 is 9.53 Å². The molecule has 1 atom stereocenters. The van der Waals surface area contributed by atoms with Gasteiger partial charge in [-0.1, -0.05) is 30.3 Å². The van der Waals surface area contributed by atoms with Crippen molar-refractivity contribution in [2.24, 2.45) is 5.73 Å². The first-order chi connectivity index (χ1) is 9.13. The van der Waals surface area contributed by atoms with Crippen LogP contribution in [-0.2, 0) is 16.1 Å². The molecule has 0 saturated carbocycles. The molecule has 0 aliphatic carbocycles. The Balaban J connectivity index is 2.32. The van der Waals surface area contributed by atoms with Crippen LogP contribution in [0.2, 0.25) is 0 Å². The molecular weight excluding hydrogens is 242 g/mol. The van der Waals surface area contributed by atoms with Gasteiger partial charge < -0.3 is 15.9 Å². The van der Waals surface area contributed by atoms with Crippen molar-refractivity contribution in [3.05, 3.63) is 35.9 Å². The molecule has 0 aliphatic rings. The lowest BCUT2D eigenvalue weighted by atomic mass is 10.1. The van der Waals surface area contributed by atoms with Gasteiger partial charge in [0.25, 0.3) is 0 Å². The Morgan fingerprint density at radius 1 is 1.37 bits per heavy atom. The van der Waals surface area contributed by atoms with E-state index in [2.05, 4.69) is 0 Å². The first kappa shape index (κ1) is 15.0. The molecule has 0 spiro atoms. The summed E-state index contributed by atoms with van der Waals surface area (Å²) in [5, 5.41) is 14.5. The molecule has 19 heavy (non-hydrogen) atoms. The van der Waals surface area contributed by atoms with E-state index in [1.807, 2.05) is 30.3 Å². The first-order valence-corrected chi connectivity index (χ1v) is 6.16. The van der Waals surface area contributed by atoms with Gasteiger partial charge in [0.2, 0.25) is 0 Å². The van der Waals surface area contributed by atoms with Crippen LogP contribution in [0, 0.1) is 10.8 Å². The van der Waals surface area contributed by atoms with Crippen LogP contribution in [0.1, 0.15) is 24.8 Å². The third-order valence-electron chi connectivity index (χ3n) is 2.61. The van der Waals surface area contributed by atoms with Gasteiger partial charge >= 0.3 is 5.97 Å². The average Bonchev–Trinajstić information content (AvgIpc) is 2.43. The zero-order valence-electron chi connectivity index (χ0n) is 10.8. The van der Waals surface area contributed by atoms with Gasteiger partial charge in [0, 0.05) is 12.5 Å². The lowest BCUT2D eigenvalue weighted by Crippen LogP contribution is -2.28. The predicted octanol–water partition coefficient (Wildman–Crippen LogP) is 1.90. The monoisotopic (exact) mass is 261 g/mol. The maximum Gasteiger partial charge on any atom is 0.352 e. The molecule has 0 bridgehead atoms. The Kier molecular flexibility index (Phi) is 6.46. The summed E-state index contributed by atoms with van der Waals surface area (Å²) in [6.07, 6.45) is 2.62. The summed E-state index contributed by atoms with van der Waals surface area (Å²) in [6, 6.07) is 9.04. The number of nitrogens with two attached hydrogens (primary N) is 1. The van der Waals surface area contributed by atoms with Crippen molar-refractivity contribution in [3.63, 3.8) is 0 Å². The van der Waals surface area contributed by atoms with Gasteiger partial charge in [-0.25, -0.2) is 4.79 Å². The highest BCUT2D eigenvalue weighted by atomic mass is 16.5. The van der Waals surface area contributed by atoms with Gasteiger partial charge in [0.15, 0.2) is 0 Å². The van der Waals surface area contributed by atoms with Crippen molar-refractivity contribution in [2.45, 2.75) is 31.9 Å². The lowest BCUT2D eigenvalue weighted by Gasteiger charge is -2.10. The second kappa shape index (κ2) is 8.16. The second-order valence-corrected chi connectivity index (χ2v) is 4.29. The van der Waals surface area contributed by atoms with Gasteiger partial charge in [0.1, 0.15) is 12.3 Å². The highest BCUT2D eigenvalue weighted by Gasteiger charge is 2.14. The molecular formula is C14H19N3O2. The Bertz CT molecular complexity index is 432. The fraction of sp³-hybridized carbons (Fsp3) is 0.357. The molecule has 0 saturated heterocycles. The summed E-state index contributed by atoms with van der Waals surface area (Å²) >= 11 is 0. The van der Waals surface area contributed by atoms with Gasteiger partial charge in [-0.3, -0.25) is 5.41 Å². The standard InChI is InChI=1S/C14H19N3O2/c15-8-4-7-12(16)9-13(17)14(18)19-10-11-5-2-1-3-6-11/h1-3,5-6,8,12,15,17H,4,7,9-10,16H2. The molecule has 5 nitrogen and oxygen atoms in total. The number of rotatable bonds is 8. The van der Waals surface area contributed by atoms with Crippen molar-refractivity contribution in [2.75, 3.05) is 0 Å². The fourth-order valence-corrected chi connectivity index (χ4v) is 1.56. The van der Waals surface area contributed by atoms with Gasteiger partial charge in [-0.2, -0.15) is 0 Å². The molecule has 0 aromatic heterocycles. The number of carbonyl (C=O) groups excluding carboxylic acids is 1. The van der Waals surface area contributed by atoms with Crippen molar-refractivity contribution in [1.29, 1.82) is 10.8 Å². The largest absolute Gasteiger partial charge is 0.456 e. The Morgan fingerprint density at radius 3 is 2.68 bits per heavy atom. The van der Waals surface area contributed by atoms with Gasteiger partial charge in [0.05, 0.1) is 0 Å². The summed E-state index contributed by atoms with van der Waals surface area (Å²) in [4.78, 5) is 11.6. The third-order valence-corrected chi connectivity index (χ3v) is 2.61. The Morgan fingerprint density at radius 2 is 2.05 bits per heavy atom. The van der Waals surface area contributed by atoms with Crippen molar-refractivity contribution in [1.82, 2.24) is 0 Å². The van der Waals surface area contributed by atoms with Crippen molar-refractivity contribution in [3.8, 4) is 0 Å². The van der Waals surface area contributed by atoms with Crippen LogP contribution in [0.25, 0.3) is 0 Å². The normalized spacial score (nSPS) is 11.6. The van der Waals surface area contributed by atoms with Crippen LogP contribution >= 0.6 is 0 Å². The number of esters is 1. The van der Waals surface area contributed by atoms with E-state index in [-0.39, 0.29) is 24.8 Å². The summed E-state index contributed by atoms with van der Waals surface area (Å²) in [7, 11) is 0. The molecule has 0 radical (unpaired) electrons. The second-order valence-electron chi connectivity index (χ2n) is 4.29. The molecule has 0 amide bonds. The molecule has 1 rings (SSSR count). The molecule has 1 aromatic carbocycles. The molecule has 0 fully saturated rings. The first-order valence-electron chi connectivity index (χ1n) is 6.16.